The summed E-state index contributed by atoms with van der Waals surface area (Å²) >= 11 is 0. The topological polar surface area (TPSA) is 80.4 Å². The van der Waals surface area contributed by atoms with Gasteiger partial charge in [0.1, 0.15) is 5.82 Å². The van der Waals surface area contributed by atoms with E-state index < -0.39 is 10.8 Å². The summed E-state index contributed by atoms with van der Waals surface area (Å²) in [5, 5.41) is 2.92. The zero-order valence-electron chi connectivity index (χ0n) is 10.8. The van der Waals surface area contributed by atoms with Gasteiger partial charge in [-0.3, -0.25) is 9.20 Å². The summed E-state index contributed by atoms with van der Waals surface area (Å²) in [7, 11) is -0.851. The molecule has 0 bridgehead atoms. The zero-order valence-corrected chi connectivity index (χ0v) is 14.0. The molecule has 0 saturated heterocycles. The summed E-state index contributed by atoms with van der Waals surface area (Å²) in [6.45, 7) is 0.516. The number of pyridine rings is 1. The highest BCUT2D eigenvalue weighted by Crippen LogP contribution is 2.37. The van der Waals surface area contributed by atoms with E-state index in [-0.39, 0.29) is 28.7 Å². The molecule has 19 heavy (non-hydrogen) atoms. The molecule has 1 unspecified atom stereocenters. The highest BCUT2D eigenvalue weighted by molar-refractivity contribution is 14.0. The van der Waals surface area contributed by atoms with Crippen LogP contribution in [0.15, 0.2) is 29.4 Å². The third-order valence-electron chi connectivity index (χ3n) is 3.33. The number of rotatable bonds is 4. The predicted octanol–water partition coefficient (Wildman–Crippen LogP) is 1.73. The van der Waals surface area contributed by atoms with Crippen LogP contribution in [0.4, 0.5) is 5.82 Å². The molecule has 0 aliphatic heterocycles. The molecule has 1 fully saturated rings. The third-order valence-corrected chi connectivity index (χ3v) is 5.09. The first-order valence-electron chi connectivity index (χ1n) is 5.94. The minimum Gasteiger partial charge on any atom is -0.370 e. The second-order valence-electron chi connectivity index (χ2n) is 4.53. The van der Waals surface area contributed by atoms with Crippen LogP contribution >= 0.6 is 24.0 Å². The molecule has 1 aliphatic carbocycles. The molecule has 3 N–H and O–H groups in total. The average Bonchev–Trinajstić information content (AvgIpc) is 2.28. The summed E-state index contributed by atoms with van der Waals surface area (Å²) in [4.78, 5) is 8.39. The van der Waals surface area contributed by atoms with E-state index in [9.17, 15) is 4.21 Å². The lowest BCUT2D eigenvalue weighted by atomic mass is 9.84. The van der Waals surface area contributed by atoms with Gasteiger partial charge in [-0.2, -0.15) is 0 Å². The van der Waals surface area contributed by atoms with Crippen molar-refractivity contribution >= 4 is 46.6 Å². The summed E-state index contributed by atoms with van der Waals surface area (Å²) in [6, 6.07) is 5.53. The van der Waals surface area contributed by atoms with Gasteiger partial charge in [0, 0.05) is 23.3 Å². The maximum atomic E-state index is 11.7. The Hall–Kier alpha value is -0.700. The number of nitrogens with zero attached hydrogens (tertiary/aromatic N) is 2. The maximum absolute atomic E-state index is 11.7. The van der Waals surface area contributed by atoms with Gasteiger partial charge in [-0.1, -0.05) is 12.5 Å². The molecule has 0 amide bonds. The molecule has 1 heterocycles. The van der Waals surface area contributed by atoms with Crippen LogP contribution in [-0.2, 0) is 10.8 Å². The molecule has 1 saturated carbocycles. The Bertz CT molecular complexity index is 462. The number of anilines is 1. The fraction of sp³-hybridized carbons (Fsp3) is 0.500. The van der Waals surface area contributed by atoms with Crippen molar-refractivity contribution in [3.05, 3.63) is 24.4 Å². The molecule has 0 spiro atoms. The largest absolute Gasteiger partial charge is 0.370 e. The standard InChI is InChI=1S/C12H18N4OS.HI/c1-18(17)12(6-4-7-12)9-15-11(13)16-10-5-2-3-8-14-10;/h2-3,5,8H,4,6-7,9H2,1H3,(H3,13,14,15,16);1H. The second kappa shape index (κ2) is 7.18. The van der Waals surface area contributed by atoms with E-state index in [1.165, 1.54) is 0 Å². The minimum absolute atomic E-state index is 0. The van der Waals surface area contributed by atoms with E-state index >= 15 is 0 Å². The van der Waals surface area contributed by atoms with Gasteiger partial charge in [-0.05, 0) is 25.0 Å². The van der Waals surface area contributed by atoms with Gasteiger partial charge >= 0.3 is 0 Å². The van der Waals surface area contributed by atoms with Crippen LogP contribution in [0.3, 0.4) is 0 Å². The highest BCUT2D eigenvalue weighted by Gasteiger charge is 2.40. The third kappa shape index (κ3) is 4.13. The number of nitrogens with two attached hydrogens (primary N) is 1. The predicted molar refractivity (Wildman–Crippen MR) is 90.4 cm³/mol. The van der Waals surface area contributed by atoms with E-state index in [0.717, 1.165) is 19.3 Å². The number of aromatic nitrogens is 1. The Kier molecular flexibility index (Phi) is 6.18. The van der Waals surface area contributed by atoms with Gasteiger partial charge in [0.2, 0.25) is 0 Å². The van der Waals surface area contributed by atoms with Crippen molar-refractivity contribution < 1.29 is 4.21 Å². The van der Waals surface area contributed by atoms with Gasteiger partial charge in [0.05, 0.1) is 11.3 Å². The second-order valence-corrected chi connectivity index (χ2v) is 6.31. The molecule has 1 aromatic rings. The van der Waals surface area contributed by atoms with Crippen molar-refractivity contribution in [3.63, 3.8) is 0 Å². The Morgan fingerprint density at radius 2 is 2.32 bits per heavy atom. The van der Waals surface area contributed by atoms with Crippen LogP contribution in [0, 0.1) is 0 Å². The molecule has 2 rings (SSSR count). The lowest BCUT2D eigenvalue weighted by Crippen LogP contribution is -2.45. The summed E-state index contributed by atoms with van der Waals surface area (Å²) in [5.41, 5.74) is 5.79. The van der Waals surface area contributed by atoms with Gasteiger partial charge < -0.3 is 11.1 Å². The molecular formula is C12H19IN4OS. The lowest BCUT2D eigenvalue weighted by molar-refractivity contribution is 0.361. The maximum Gasteiger partial charge on any atom is 0.194 e. The van der Waals surface area contributed by atoms with Crippen LogP contribution in [0.5, 0.6) is 0 Å². The van der Waals surface area contributed by atoms with Crippen LogP contribution in [0.2, 0.25) is 0 Å². The fourth-order valence-corrected chi connectivity index (χ4v) is 3.05. The highest BCUT2D eigenvalue weighted by atomic mass is 127. The molecule has 106 valence electrons. The molecule has 0 radical (unpaired) electrons. The number of guanidine groups is 1. The SMILES string of the molecule is CS(=O)C1(CN=C(N)Nc2ccccn2)CCC1.I. The lowest BCUT2D eigenvalue weighted by Gasteiger charge is -2.38. The number of halogens is 1. The molecule has 7 heteroatoms. The van der Waals surface area contributed by atoms with Gasteiger partial charge in [-0.15, -0.1) is 24.0 Å². The zero-order chi connectivity index (χ0) is 13.0. The van der Waals surface area contributed by atoms with Crippen molar-refractivity contribution in [1.82, 2.24) is 4.98 Å². The van der Waals surface area contributed by atoms with Gasteiger partial charge in [0.25, 0.3) is 0 Å². The summed E-state index contributed by atoms with van der Waals surface area (Å²) in [5.74, 6) is 0.990. The van der Waals surface area contributed by atoms with Crippen molar-refractivity contribution in [2.45, 2.75) is 24.0 Å². The Labute approximate surface area is 133 Å². The molecule has 1 aliphatic rings. The van der Waals surface area contributed by atoms with Crippen molar-refractivity contribution in [3.8, 4) is 0 Å². The van der Waals surface area contributed by atoms with E-state index in [1.54, 1.807) is 12.5 Å². The van der Waals surface area contributed by atoms with Crippen LogP contribution in [0.25, 0.3) is 0 Å². The quantitative estimate of drug-likeness (QED) is 0.463. The number of hydrogen-bond donors (Lipinski definition) is 2. The first kappa shape index (κ1) is 16.4. The molecular weight excluding hydrogens is 375 g/mol. The van der Waals surface area contributed by atoms with Gasteiger partial charge in [-0.25, -0.2) is 4.98 Å². The van der Waals surface area contributed by atoms with E-state index in [4.69, 9.17) is 5.73 Å². The minimum atomic E-state index is -0.851. The van der Waals surface area contributed by atoms with Gasteiger partial charge in [0.15, 0.2) is 5.96 Å². The number of hydrogen-bond acceptors (Lipinski definition) is 3. The van der Waals surface area contributed by atoms with Crippen LogP contribution < -0.4 is 11.1 Å². The van der Waals surface area contributed by atoms with Crippen molar-refractivity contribution in [1.29, 1.82) is 0 Å². The number of nitrogens with one attached hydrogen (secondary N) is 1. The normalized spacial score (nSPS) is 18.9. The van der Waals surface area contributed by atoms with E-state index in [0.29, 0.717) is 18.3 Å². The van der Waals surface area contributed by atoms with E-state index in [2.05, 4.69) is 15.3 Å². The molecule has 1 aromatic heterocycles. The molecule has 1 atom stereocenters. The first-order chi connectivity index (χ1) is 8.62. The Morgan fingerprint density at radius 3 is 2.79 bits per heavy atom. The number of aliphatic imine (C=N–C) groups is 1. The average molecular weight is 394 g/mol. The molecule has 0 aromatic carbocycles. The van der Waals surface area contributed by atoms with Crippen molar-refractivity contribution in [2.75, 3.05) is 18.1 Å². The smallest absolute Gasteiger partial charge is 0.194 e. The fourth-order valence-electron chi connectivity index (χ4n) is 1.94. The summed E-state index contributed by atoms with van der Waals surface area (Å²) in [6.07, 6.45) is 6.50. The Morgan fingerprint density at radius 1 is 1.58 bits per heavy atom. The van der Waals surface area contributed by atoms with Crippen LogP contribution in [-0.4, -0.2) is 32.7 Å². The Balaban J connectivity index is 0.00000180. The van der Waals surface area contributed by atoms with Crippen LogP contribution in [0.1, 0.15) is 19.3 Å². The monoisotopic (exact) mass is 394 g/mol. The molecule has 5 nitrogen and oxygen atoms in total. The summed E-state index contributed by atoms with van der Waals surface area (Å²) < 4.78 is 11.5. The van der Waals surface area contributed by atoms with Crippen molar-refractivity contribution in [2.24, 2.45) is 10.7 Å². The van der Waals surface area contributed by atoms with E-state index in [1.807, 2.05) is 18.2 Å². The first-order valence-corrected chi connectivity index (χ1v) is 7.50.